The lowest BCUT2D eigenvalue weighted by atomic mass is 10.2. The maximum absolute atomic E-state index is 12.6. The van der Waals surface area contributed by atoms with Gasteiger partial charge in [0.15, 0.2) is 11.9 Å². The minimum Gasteiger partial charge on any atom is -0.382 e. The molecule has 1 atom stereocenters. The number of benzene rings is 1. The van der Waals surface area contributed by atoms with E-state index in [-0.39, 0.29) is 18.9 Å². The van der Waals surface area contributed by atoms with E-state index >= 15 is 0 Å². The zero-order chi connectivity index (χ0) is 17.9. The summed E-state index contributed by atoms with van der Waals surface area (Å²) in [5, 5.41) is 13.8. The Bertz CT molecular complexity index is 768. The first kappa shape index (κ1) is 18.2. The maximum Gasteiger partial charge on any atom is 0.416 e. The second-order valence-corrected chi connectivity index (χ2v) is 5.39. The van der Waals surface area contributed by atoms with Crippen LogP contribution in [-0.2, 0) is 13.1 Å². The van der Waals surface area contributed by atoms with Crippen LogP contribution in [0.15, 0.2) is 34.1 Å². The highest BCUT2D eigenvalue weighted by atomic mass is 35.5. The lowest BCUT2D eigenvalue weighted by Gasteiger charge is -2.15. The van der Waals surface area contributed by atoms with E-state index in [2.05, 4.69) is 16.8 Å². The average molecular weight is 363 g/mol. The van der Waals surface area contributed by atoms with E-state index in [9.17, 15) is 23.1 Å². The number of aliphatic hydroxyl groups excluding tert-OH is 1. The van der Waals surface area contributed by atoms with E-state index in [1.807, 2.05) is 0 Å². The van der Waals surface area contributed by atoms with Crippen LogP contribution in [0.3, 0.4) is 0 Å². The molecule has 2 rings (SSSR count). The van der Waals surface area contributed by atoms with Crippen molar-refractivity contribution in [2.75, 3.05) is 6.54 Å². The Morgan fingerprint density at radius 3 is 2.50 bits per heavy atom. The number of aliphatic hydroxyl groups is 1. The predicted molar refractivity (Wildman–Crippen MR) is 83.4 cm³/mol. The van der Waals surface area contributed by atoms with Crippen LogP contribution in [0.4, 0.5) is 13.2 Å². The van der Waals surface area contributed by atoms with Crippen LogP contribution < -0.4 is 5.69 Å². The van der Waals surface area contributed by atoms with Crippen LogP contribution in [0.5, 0.6) is 0 Å². The molecule has 0 aliphatic carbocycles. The molecule has 0 fully saturated rings. The number of aromatic nitrogens is 3. The van der Waals surface area contributed by atoms with Crippen LogP contribution in [-0.4, -0.2) is 45.0 Å². The Hall–Kier alpha value is -2.13. The van der Waals surface area contributed by atoms with E-state index in [0.717, 1.165) is 9.25 Å². The van der Waals surface area contributed by atoms with Crippen molar-refractivity contribution in [3.05, 3.63) is 39.8 Å². The van der Waals surface area contributed by atoms with Crippen molar-refractivity contribution in [3.8, 4) is 11.4 Å². The molecule has 0 unspecified atom stereocenters. The third-order valence-corrected chi connectivity index (χ3v) is 3.48. The SMILES string of the molecule is C=NCCn1nc(-c2ccc(Cl)cc2)n(C[C@H](O)C(F)(F)F)c1=O. The summed E-state index contributed by atoms with van der Waals surface area (Å²) in [4.78, 5) is 15.9. The standard InChI is InChI=1S/C14H14ClF3N4O2/c1-19-6-7-22-13(24)21(8-11(23)14(16,17)18)12(20-22)9-2-4-10(15)5-3-9/h2-5,11,23H,1,6-8H2/t11-/m0/s1. The van der Waals surface area contributed by atoms with Gasteiger partial charge in [-0.2, -0.15) is 13.2 Å². The van der Waals surface area contributed by atoms with Gasteiger partial charge in [-0.25, -0.2) is 9.48 Å². The fraction of sp³-hybridized carbons (Fsp3) is 0.357. The fourth-order valence-electron chi connectivity index (χ4n) is 2.01. The molecule has 1 aromatic carbocycles. The molecule has 24 heavy (non-hydrogen) atoms. The first-order valence-electron chi connectivity index (χ1n) is 6.85. The summed E-state index contributed by atoms with van der Waals surface area (Å²) >= 11 is 5.79. The lowest BCUT2D eigenvalue weighted by Crippen LogP contribution is -2.37. The molecule has 0 radical (unpaired) electrons. The molecule has 1 heterocycles. The Morgan fingerprint density at radius 2 is 1.96 bits per heavy atom. The molecule has 0 saturated heterocycles. The van der Waals surface area contributed by atoms with Crippen molar-refractivity contribution in [1.82, 2.24) is 14.3 Å². The highest BCUT2D eigenvalue weighted by Gasteiger charge is 2.39. The summed E-state index contributed by atoms with van der Waals surface area (Å²) < 4.78 is 39.7. The van der Waals surface area contributed by atoms with Crippen molar-refractivity contribution in [2.24, 2.45) is 4.99 Å². The number of rotatable bonds is 6. The van der Waals surface area contributed by atoms with Crippen LogP contribution in [0.2, 0.25) is 5.02 Å². The van der Waals surface area contributed by atoms with Crippen LogP contribution in [0.25, 0.3) is 11.4 Å². The van der Waals surface area contributed by atoms with Gasteiger partial charge in [0, 0.05) is 10.6 Å². The summed E-state index contributed by atoms with van der Waals surface area (Å²) in [5.74, 6) is 0.00373. The van der Waals surface area contributed by atoms with E-state index < -0.39 is 24.5 Å². The van der Waals surface area contributed by atoms with Gasteiger partial charge in [0.05, 0.1) is 19.6 Å². The summed E-state index contributed by atoms with van der Waals surface area (Å²) in [6.45, 7) is 2.57. The molecular formula is C14H14ClF3N4O2. The molecule has 1 N–H and O–H groups in total. The Morgan fingerprint density at radius 1 is 1.33 bits per heavy atom. The summed E-state index contributed by atoms with van der Waals surface area (Å²) in [6, 6.07) is 6.10. The highest BCUT2D eigenvalue weighted by Crippen LogP contribution is 2.23. The Labute approximate surface area is 139 Å². The van der Waals surface area contributed by atoms with Gasteiger partial charge in [-0.05, 0) is 31.0 Å². The first-order valence-corrected chi connectivity index (χ1v) is 7.22. The Balaban J connectivity index is 2.49. The number of hydrogen-bond acceptors (Lipinski definition) is 4. The topological polar surface area (TPSA) is 72.4 Å². The quantitative estimate of drug-likeness (QED) is 0.799. The zero-order valence-corrected chi connectivity index (χ0v) is 13.1. The molecule has 0 bridgehead atoms. The third kappa shape index (κ3) is 4.04. The van der Waals surface area contributed by atoms with Gasteiger partial charge in [0.25, 0.3) is 0 Å². The number of nitrogens with zero attached hydrogens (tertiary/aromatic N) is 4. The van der Waals surface area contributed by atoms with Crippen molar-refractivity contribution in [1.29, 1.82) is 0 Å². The summed E-state index contributed by atoms with van der Waals surface area (Å²) in [5.41, 5.74) is -0.372. The second kappa shape index (κ2) is 7.18. The summed E-state index contributed by atoms with van der Waals surface area (Å²) in [7, 11) is 0. The second-order valence-electron chi connectivity index (χ2n) is 4.95. The molecule has 0 saturated carbocycles. The average Bonchev–Trinajstić information content (AvgIpc) is 2.82. The van der Waals surface area contributed by atoms with Crippen molar-refractivity contribution < 1.29 is 18.3 Å². The van der Waals surface area contributed by atoms with E-state index in [1.54, 1.807) is 0 Å². The maximum atomic E-state index is 12.6. The van der Waals surface area contributed by atoms with Gasteiger partial charge in [0.2, 0.25) is 0 Å². The van der Waals surface area contributed by atoms with Crippen LogP contribution in [0, 0.1) is 0 Å². The largest absolute Gasteiger partial charge is 0.416 e. The van der Waals surface area contributed by atoms with Gasteiger partial charge in [-0.3, -0.25) is 9.56 Å². The monoisotopic (exact) mass is 362 g/mol. The highest BCUT2D eigenvalue weighted by molar-refractivity contribution is 6.30. The van der Waals surface area contributed by atoms with E-state index in [0.29, 0.717) is 10.6 Å². The number of halogens is 4. The minimum absolute atomic E-state index is 0.00373. The van der Waals surface area contributed by atoms with Gasteiger partial charge < -0.3 is 5.11 Å². The van der Waals surface area contributed by atoms with Crippen molar-refractivity contribution in [2.45, 2.75) is 25.4 Å². The van der Waals surface area contributed by atoms with Gasteiger partial charge >= 0.3 is 11.9 Å². The normalized spacial score (nSPS) is 13.0. The smallest absolute Gasteiger partial charge is 0.382 e. The third-order valence-electron chi connectivity index (χ3n) is 3.23. The van der Waals surface area contributed by atoms with Gasteiger partial charge in [-0.1, -0.05) is 11.6 Å². The molecule has 130 valence electrons. The molecule has 6 nitrogen and oxygen atoms in total. The molecule has 0 aliphatic rings. The molecule has 1 aromatic heterocycles. The zero-order valence-electron chi connectivity index (χ0n) is 12.4. The molecule has 10 heteroatoms. The molecule has 0 aliphatic heterocycles. The Kier molecular flexibility index (Phi) is 5.45. The van der Waals surface area contributed by atoms with E-state index in [4.69, 9.17) is 11.6 Å². The number of aliphatic imine (C=N–C) groups is 1. The number of hydrogen-bond donors (Lipinski definition) is 1. The lowest BCUT2D eigenvalue weighted by molar-refractivity contribution is -0.207. The first-order chi connectivity index (χ1) is 11.2. The predicted octanol–water partition coefficient (Wildman–Crippen LogP) is 1.99. The molecule has 0 amide bonds. The van der Waals surface area contributed by atoms with Crippen molar-refractivity contribution >= 4 is 18.3 Å². The van der Waals surface area contributed by atoms with Gasteiger partial charge in [0.1, 0.15) is 0 Å². The van der Waals surface area contributed by atoms with Crippen LogP contribution in [0.1, 0.15) is 0 Å². The van der Waals surface area contributed by atoms with Crippen molar-refractivity contribution in [3.63, 3.8) is 0 Å². The minimum atomic E-state index is -4.85. The molecule has 0 spiro atoms. The van der Waals surface area contributed by atoms with Crippen LogP contribution >= 0.6 is 11.6 Å². The fourth-order valence-corrected chi connectivity index (χ4v) is 2.13. The summed E-state index contributed by atoms with van der Waals surface area (Å²) in [6.07, 6.45) is -7.53. The van der Waals surface area contributed by atoms with Gasteiger partial charge in [-0.15, -0.1) is 5.10 Å². The number of alkyl halides is 3. The van der Waals surface area contributed by atoms with E-state index in [1.165, 1.54) is 24.3 Å². The molecule has 2 aromatic rings. The molecular weight excluding hydrogens is 349 g/mol.